The molecule has 2 amide bonds. The molecule has 8 heteroatoms. The Bertz CT molecular complexity index is 1190. The van der Waals surface area contributed by atoms with E-state index in [1.807, 2.05) is 18.2 Å². The van der Waals surface area contributed by atoms with Crippen molar-refractivity contribution in [2.75, 3.05) is 18.7 Å². The third-order valence-corrected chi connectivity index (χ3v) is 5.25. The number of carbonyl (C=O) groups excluding carboxylic acids is 2. The summed E-state index contributed by atoms with van der Waals surface area (Å²) in [4.78, 5) is 29.3. The number of amides is 2. The molecule has 0 saturated heterocycles. The molecule has 5 rings (SSSR count). The van der Waals surface area contributed by atoms with Gasteiger partial charge in [-0.1, -0.05) is 6.07 Å². The molecule has 2 aliphatic heterocycles. The molecule has 160 valence electrons. The third-order valence-electron chi connectivity index (χ3n) is 5.25. The van der Waals surface area contributed by atoms with Crippen LogP contribution in [0.5, 0.6) is 11.5 Å². The molecule has 3 heterocycles. The van der Waals surface area contributed by atoms with E-state index in [9.17, 15) is 9.59 Å². The Morgan fingerprint density at radius 3 is 2.62 bits per heavy atom. The van der Waals surface area contributed by atoms with Gasteiger partial charge in [-0.05, 0) is 67.4 Å². The van der Waals surface area contributed by atoms with Crippen LogP contribution >= 0.6 is 0 Å². The number of nitrogens with zero attached hydrogens (tertiary/aromatic N) is 3. The van der Waals surface area contributed by atoms with Crippen LogP contribution in [0.2, 0.25) is 0 Å². The van der Waals surface area contributed by atoms with Gasteiger partial charge in [0, 0.05) is 29.6 Å². The highest BCUT2D eigenvalue weighted by molar-refractivity contribution is 6.04. The van der Waals surface area contributed by atoms with E-state index in [2.05, 4.69) is 15.4 Å². The average Bonchev–Trinajstić information content (AvgIpc) is 3.33. The van der Waals surface area contributed by atoms with Crippen LogP contribution in [0.15, 0.2) is 72.0 Å². The predicted octanol–water partition coefficient (Wildman–Crippen LogP) is 3.70. The number of rotatable bonds is 4. The monoisotopic (exact) mass is 428 g/mol. The molecule has 3 aromatic rings. The summed E-state index contributed by atoms with van der Waals surface area (Å²) in [5.41, 5.74) is 3.16. The van der Waals surface area contributed by atoms with Crippen molar-refractivity contribution < 1.29 is 19.1 Å². The minimum absolute atomic E-state index is 0.189. The molecular formula is C24H20N4O4. The quantitative estimate of drug-likeness (QED) is 0.684. The van der Waals surface area contributed by atoms with Gasteiger partial charge in [0.25, 0.3) is 11.8 Å². The summed E-state index contributed by atoms with van der Waals surface area (Å²) in [6, 6.07) is 17.6. The van der Waals surface area contributed by atoms with Crippen LogP contribution in [-0.4, -0.2) is 40.9 Å². The largest absolute Gasteiger partial charge is 0.454 e. The van der Waals surface area contributed by atoms with Crippen LogP contribution < -0.4 is 14.8 Å². The Balaban J connectivity index is 1.29. The summed E-state index contributed by atoms with van der Waals surface area (Å²) in [5.74, 6) is 0.912. The second kappa shape index (κ2) is 8.50. The molecule has 0 radical (unpaired) electrons. The van der Waals surface area contributed by atoms with Gasteiger partial charge in [-0.25, -0.2) is 5.01 Å². The van der Waals surface area contributed by atoms with Crippen LogP contribution in [-0.2, 0) is 0 Å². The van der Waals surface area contributed by atoms with E-state index in [-0.39, 0.29) is 18.6 Å². The van der Waals surface area contributed by atoms with E-state index in [1.54, 1.807) is 48.7 Å². The number of hydrogen-bond donors (Lipinski definition) is 1. The number of carbonyl (C=O) groups is 2. The fourth-order valence-electron chi connectivity index (χ4n) is 3.60. The zero-order valence-corrected chi connectivity index (χ0v) is 17.2. The number of nitrogens with one attached hydrogen (secondary N) is 1. The lowest BCUT2D eigenvalue weighted by Gasteiger charge is -2.24. The fraction of sp³-hybridized carbons (Fsp3) is 0.167. The summed E-state index contributed by atoms with van der Waals surface area (Å²) < 4.78 is 10.8. The maximum atomic E-state index is 13.0. The van der Waals surface area contributed by atoms with E-state index in [0.717, 1.165) is 24.1 Å². The lowest BCUT2D eigenvalue weighted by Crippen LogP contribution is -2.32. The van der Waals surface area contributed by atoms with Gasteiger partial charge in [-0.2, -0.15) is 5.10 Å². The van der Waals surface area contributed by atoms with Crippen LogP contribution in [0.25, 0.3) is 0 Å². The molecule has 0 unspecified atom stereocenters. The van der Waals surface area contributed by atoms with E-state index in [0.29, 0.717) is 35.0 Å². The molecule has 32 heavy (non-hydrogen) atoms. The van der Waals surface area contributed by atoms with Crippen molar-refractivity contribution in [2.24, 2.45) is 5.10 Å². The SMILES string of the molecule is O=C(Nc1ccc(C(=O)N2CCCC(c3ccc4c(c3)OCO4)=N2)cc1)c1ccccn1. The zero-order valence-electron chi connectivity index (χ0n) is 17.2. The smallest absolute Gasteiger partial charge is 0.274 e. The second-order valence-electron chi connectivity index (χ2n) is 7.39. The van der Waals surface area contributed by atoms with Gasteiger partial charge in [-0.15, -0.1) is 0 Å². The Morgan fingerprint density at radius 1 is 0.969 bits per heavy atom. The maximum Gasteiger partial charge on any atom is 0.274 e. The molecule has 8 nitrogen and oxygen atoms in total. The number of pyridine rings is 1. The predicted molar refractivity (Wildman–Crippen MR) is 118 cm³/mol. The van der Waals surface area contributed by atoms with E-state index >= 15 is 0 Å². The highest BCUT2D eigenvalue weighted by Gasteiger charge is 2.22. The number of aromatic nitrogens is 1. The van der Waals surface area contributed by atoms with Crippen molar-refractivity contribution in [1.82, 2.24) is 9.99 Å². The van der Waals surface area contributed by atoms with Gasteiger partial charge in [0.05, 0.1) is 5.71 Å². The van der Waals surface area contributed by atoms with Crippen molar-refractivity contribution in [3.8, 4) is 11.5 Å². The van der Waals surface area contributed by atoms with Crippen molar-refractivity contribution in [3.63, 3.8) is 0 Å². The molecule has 0 atom stereocenters. The topological polar surface area (TPSA) is 93.1 Å². The van der Waals surface area contributed by atoms with E-state index in [1.165, 1.54) is 5.01 Å². The molecule has 0 spiro atoms. The van der Waals surface area contributed by atoms with Gasteiger partial charge in [0.2, 0.25) is 6.79 Å². The molecule has 0 fully saturated rings. The summed E-state index contributed by atoms with van der Waals surface area (Å²) >= 11 is 0. The Morgan fingerprint density at radius 2 is 1.81 bits per heavy atom. The third kappa shape index (κ3) is 4.02. The van der Waals surface area contributed by atoms with Crippen molar-refractivity contribution in [1.29, 1.82) is 0 Å². The minimum atomic E-state index is -0.307. The second-order valence-corrected chi connectivity index (χ2v) is 7.39. The number of anilines is 1. The van der Waals surface area contributed by atoms with Gasteiger partial charge in [0.15, 0.2) is 11.5 Å². The minimum Gasteiger partial charge on any atom is -0.454 e. The molecule has 0 saturated carbocycles. The van der Waals surface area contributed by atoms with E-state index < -0.39 is 0 Å². The lowest BCUT2D eigenvalue weighted by molar-refractivity contribution is 0.0751. The van der Waals surface area contributed by atoms with Crippen molar-refractivity contribution in [3.05, 3.63) is 83.7 Å². The number of hydrogen-bond acceptors (Lipinski definition) is 6. The first kappa shape index (κ1) is 19.7. The Hall–Kier alpha value is -4.20. The number of ether oxygens (including phenoxy) is 2. The van der Waals surface area contributed by atoms with Gasteiger partial charge in [-0.3, -0.25) is 14.6 Å². The Labute approximate surface area is 184 Å². The molecule has 2 aromatic carbocycles. The lowest BCUT2D eigenvalue weighted by atomic mass is 10.0. The number of hydrazone groups is 1. The summed E-state index contributed by atoms with van der Waals surface area (Å²) in [7, 11) is 0. The van der Waals surface area contributed by atoms with E-state index in [4.69, 9.17) is 9.47 Å². The molecule has 0 aliphatic carbocycles. The molecule has 1 N–H and O–H groups in total. The van der Waals surface area contributed by atoms with Gasteiger partial charge in [0.1, 0.15) is 5.69 Å². The first-order chi connectivity index (χ1) is 15.7. The first-order valence-electron chi connectivity index (χ1n) is 10.3. The maximum absolute atomic E-state index is 13.0. The first-order valence-corrected chi connectivity index (χ1v) is 10.3. The summed E-state index contributed by atoms with van der Waals surface area (Å²) in [6.45, 7) is 0.763. The van der Waals surface area contributed by atoms with Gasteiger partial charge < -0.3 is 14.8 Å². The normalized spacial score (nSPS) is 14.6. The highest BCUT2D eigenvalue weighted by atomic mass is 16.7. The van der Waals surface area contributed by atoms with Crippen molar-refractivity contribution in [2.45, 2.75) is 12.8 Å². The highest BCUT2D eigenvalue weighted by Crippen LogP contribution is 2.33. The molecule has 1 aromatic heterocycles. The van der Waals surface area contributed by atoms with Crippen LogP contribution in [0, 0.1) is 0 Å². The molecular weight excluding hydrogens is 408 g/mol. The van der Waals surface area contributed by atoms with Crippen LogP contribution in [0.3, 0.4) is 0 Å². The summed E-state index contributed by atoms with van der Waals surface area (Å²) in [6.07, 6.45) is 3.16. The molecule has 0 bridgehead atoms. The fourth-order valence-corrected chi connectivity index (χ4v) is 3.60. The van der Waals surface area contributed by atoms with Gasteiger partial charge >= 0.3 is 0 Å². The summed E-state index contributed by atoms with van der Waals surface area (Å²) in [5, 5.41) is 8.86. The average molecular weight is 428 g/mol. The Kier molecular flexibility index (Phi) is 5.25. The molecule has 2 aliphatic rings. The number of fused-ring (bicyclic) bond motifs is 1. The zero-order chi connectivity index (χ0) is 21.9. The number of benzene rings is 2. The standard InChI is InChI=1S/C24H20N4O4/c29-23(20-4-1-2-12-25-20)26-18-9-6-16(7-10-18)24(30)28-13-3-5-19(27-28)17-8-11-21-22(14-17)32-15-31-21/h1-2,4,6-12,14H,3,5,13,15H2,(H,26,29). The van der Waals surface area contributed by atoms with Crippen LogP contribution in [0.1, 0.15) is 39.3 Å². The van der Waals surface area contributed by atoms with Crippen LogP contribution in [0.4, 0.5) is 5.69 Å². The van der Waals surface area contributed by atoms with Crippen molar-refractivity contribution >= 4 is 23.2 Å².